The lowest BCUT2D eigenvalue weighted by Gasteiger charge is -2.27. The summed E-state index contributed by atoms with van der Waals surface area (Å²) in [5.41, 5.74) is 7.61. The van der Waals surface area contributed by atoms with Gasteiger partial charge in [0, 0.05) is 31.5 Å². The fraction of sp³-hybridized carbons (Fsp3) is 0.391. The first-order valence-electron chi connectivity index (χ1n) is 9.42. The zero-order valence-corrected chi connectivity index (χ0v) is 15.8. The van der Waals surface area contributed by atoms with Crippen LogP contribution in [0.25, 0.3) is 16.8 Å². The molecule has 1 aliphatic heterocycles. The highest BCUT2D eigenvalue weighted by atomic mass is 15.1. The molecule has 0 amide bonds. The summed E-state index contributed by atoms with van der Waals surface area (Å²) in [5.74, 6) is 0.714. The first-order chi connectivity index (χ1) is 12.0. The molecule has 0 aliphatic carbocycles. The normalized spacial score (nSPS) is 13.7. The number of hydrogen-bond acceptors (Lipinski definition) is 2. The van der Waals surface area contributed by atoms with E-state index >= 15 is 0 Å². The van der Waals surface area contributed by atoms with Gasteiger partial charge < -0.3 is 10.2 Å². The van der Waals surface area contributed by atoms with Gasteiger partial charge in [-0.3, -0.25) is 0 Å². The van der Waals surface area contributed by atoms with Crippen molar-refractivity contribution in [1.29, 1.82) is 0 Å². The third-order valence-electron chi connectivity index (χ3n) is 5.06. The van der Waals surface area contributed by atoms with Crippen molar-refractivity contribution in [3.05, 3.63) is 60.2 Å². The molecule has 0 radical (unpaired) electrons. The predicted octanol–water partition coefficient (Wildman–Crippen LogP) is 5.34. The van der Waals surface area contributed by atoms with Gasteiger partial charge in [0.05, 0.1) is 0 Å². The highest BCUT2D eigenvalue weighted by molar-refractivity contribution is 5.72. The van der Waals surface area contributed by atoms with Crippen LogP contribution in [-0.4, -0.2) is 20.1 Å². The molecule has 3 rings (SSSR count). The molecule has 0 unspecified atom stereocenters. The van der Waals surface area contributed by atoms with Gasteiger partial charge in [0.15, 0.2) is 0 Å². The van der Waals surface area contributed by atoms with Gasteiger partial charge in [-0.2, -0.15) is 0 Å². The molecule has 1 N–H and O–H groups in total. The summed E-state index contributed by atoms with van der Waals surface area (Å²) in [6, 6.07) is 15.6. The van der Waals surface area contributed by atoms with Crippen molar-refractivity contribution in [1.82, 2.24) is 5.32 Å². The largest absolute Gasteiger partial charge is 0.385 e. The molecule has 0 atom stereocenters. The zero-order valence-electron chi connectivity index (χ0n) is 15.8. The van der Waals surface area contributed by atoms with Gasteiger partial charge in [0.25, 0.3) is 0 Å². The van der Waals surface area contributed by atoms with Crippen LogP contribution in [0.3, 0.4) is 0 Å². The second kappa shape index (κ2) is 7.77. The van der Waals surface area contributed by atoms with E-state index in [4.69, 9.17) is 0 Å². The molecule has 0 aromatic heterocycles. The van der Waals surface area contributed by atoms with E-state index in [1.165, 1.54) is 47.2 Å². The van der Waals surface area contributed by atoms with Gasteiger partial charge in [0.2, 0.25) is 0 Å². The average molecular weight is 335 g/mol. The first kappa shape index (κ1) is 17.6. The van der Waals surface area contributed by atoms with E-state index in [2.05, 4.69) is 80.2 Å². The molecule has 2 heteroatoms. The molecule has 0 bridgehead atoms. The summed E-state index contributed by atoms with van der Waals surface area (Å²) < 4.78 is 0. The van der Waals surface area contributed by atoms with E-state index in [1.807, 2.05) is 0 Å². The third-order valence-corrected chi connectivity index (χ3v) is 5.06. The maximum Gasteiger partial charge on any atom is 0.0396 e. The van der Waals surface area contributed by atoms with Gasteiger partial charge >= 0.3 is 0 Å². The van der Waals surface area contributed by atoms with Crippen LogP contribution >= 0.6 is 0 Å². The number of fused-ring (bicyclic) bond motifs is 1. The molecule has 132 valence electrons. The van der Waals surface area contributed by atoms with Crippen LogP contribution in [0.15, 0.2) is 49.0 Å². The predicted molar refractivity (Wildman–Crippen MR) is 110 cm³/mol. The number of nitrogens with one attached hydrogen (secondary N) is 1. The summed E-state index contributed by atoms with van der Waals surface area (Å²) in [5, 5.41) is 3.44. The Bertz CT molecular complexity index is 728. The van der Waals surface area contributed by atoms with Crippen LogP contribution in [0.2, 0.25) is 0 Å². The molecular formula is C23H30N2. The van der Waals surface area contributed by atoms with Crippen LogP contribution in [0.5, 0.6) is 0 Å². The number of aryl methyl sites for hydroxylation is 1. The molecule has 0 spiro atoms. The highest BCUT2D eigenvalue weighted by Crippen LogP contribution is 2.31. The van der Waals surface area contributed by atoms with Crippen LogP contribution in [0, 0.1) is 5.92 Å². The van der Waals surface area contributed by atoms with Crippen LogP contribution in [0.1, 0.15) is 37.8 Å². The quantitative estimate of drug-likeness (QED) is 0.767. The number of hydrogen-bond donors (Lipinski definition) is 1. The molecule has 0 fully saturated rings. The maximum atomic E-state index is 4.17. The van der Waals surface area contributed by atoms with Crippen LogP contribution < -0.4 is 10.2 Å². The van der Waals surface area contributed by atoms with E-state index in [0.717, 1.165) is 18.8 Å². The van der Waals surface area contributed by atoms with Crippen molar-refractivity contribution in [2.45, 2.75) is 33.1 Å². The van der Waals surface area contributed by atoms with E-state index in [-0.39, 0.29) is 0 Å². The van der Waals surface area contributed by atoms with Gasteiger partial charge in [-0.1, -0.05) is 50.8 Å². The van der Waals surface area contributed by atoms with E-state index in [0.29, 0.717) is 5.92 Å². The molecule has 0 saturated heterocycles. The lowest BCUT2D eigenvalue weighted by molar-refractivity contribution is 0.574. The number of anilines is 1. The molecule has 0 saturated carbocycles. The molecule has 25 heavy (non-hydrogen) atoms. The summed E-state index contributed by atoms with van der Waals surface area (Å²) >= 11 is 0. The fourth-order valence-electron chi connectivity index (χ4n) is 3.44. The first-order valence-corrected chi connectivity index (χ1v) is 9.42. The van der Waals surface area contributed by atoms with Crippen molar-refractivity contribution in [2.75, 3.05) is 25.0 Å². The fourth-order valence-corrected chi connectivity index (χ4v) is 3.44. The van der Waals surface area contributed by atoms with E-state index in [9.17, 15) is 0 Å². The second-order valence-electron chi connectivity index (χ2n) is 7.53. The minimum Gasteiger partial charge on any atom is -0.385 e. The standard InChI is InChI=1S/C23H30N2/c1-17(2)13-14-24-18(3)19-7-9-20(10-8-19)21-11-12-23-22(16-21)6-5-15-25(23)4/h7-12,16-17,24H,3,5-6,13-15H2,1-2,4H3. The lowest BCUT2D eigenvalue weighted by atomic mass is 9.96. The van der Waals surface area contributed by atoms with Gasteiger partial charge in [-0.25, -0.2) is 0 Å². The highest BCUT2D eigenvalue weighted by Gasteiger charge is 2.14. The van der Waals surface area contributed by atoms with Crippen molar-refractivity contribution >= 4 is 11.4 Å². The van der Waals surface area contributed by atoms with E-state index in [1.54, 1.807) is 0 Å². The second-order valence-corrected chi connectivity index (χ2v) is 7.53. The Balaban J connectivity index is 1.71. The maximum absolute atomic E-state index is 4.17. The lowest BCUT2D eigenvalue weighted by Crippen LogP contribution is -2.24. The van der Waals surface area contributed by atoms with Crippen LogP contribution in [-0.2, 0) is 6.42 Å². The molecule has 2 aromatic carbocycles. The summed E-state index contributed by atoms with van der Waals surface area (Å²) in [6.45, 7) is 10.8. The van der Waals surface area contributed by atoms with Gasteiger partial charge in [-0.15, -0.1) is 0 Å². The monoisotopic (exact) mass is 334 g/mol. The number of benzene rings is 2. The summed E-state index contributed by atoms with van der Waals surface area (Å²) in [7, 11) is 2.18. The minimum atomic E-state index is 0.714. The Morgan fingerprint density at radius 3 is 2.56 bits per heavy atom. The molecular weight excluding hydrogens is 304 g/mol. The Hall–Kier alpha value is -2.22. The molecule has 1 heterocycles. The van der Waals surface area contributed by atoms with Crippen molar-refractivity contribution < 1.29 is 0 Å². The van der Waals surface area contributed by atoms with Crippen molar-refractivity contribution in [2.24, 2.45) is 5.92 Å². The average Bonchev–Trinajstić information content (AvgIpc) is 2.61. The summed E-state index contributed by atoms with van der Waals surface area (Å²) in [6.07, 6.45) is 3.59. The van der Waals surface area contributed by atoms with Crippen LogP contribution in [0.4, 0.5) is 5.69 Å². The SMILES string of the molecule is C=C(NCCC(C)C)c1ccc(-c2ccc3c(c2)CCCN3C)cc1. The Morgan fingerprint density at radius 1 is 1.12 bits per heavy atom. The van der Waals surface area contributed by atoms with Crippen molar-refractivity contribution in [3.8, 4) is 11.1 Å². The van der Waals surface area contributed by atoms with Gasteiger partial charge in [0.1, 0.15) is 0 Å². The zero-order chi connectivity index (χ0) is 17.8. The third kappa shape index (κ3) is 4.25. The Morgan fingerprint density at radius 2 is 1.84 bits per heavy atom. The number of rotatable bonds is 6. The Labute approximate surface area is 152 Å². The van der Waals surface area contributed by atoms with Crippen molar-refractivity contribution in [3.63, 3.8) is 0 Å². The molecule has 2 aromatic rings. The topological polar surface area (TPSA) is 15.3 Å². The number of nitrogens with zero attached hydrogens (tertiary/aromatic N) is 1. The van der Waals surface area contributed by atoms with Gasteiger partial charge in [-0.05, 0) is 59.6 Å². The Kier molecular flexibility index (Phi) is 5.47. The molecule has 1 aliphatic rings. The minimum absolute atomic E-state index is 0.714. The molecule has 2 nitrogen and oxygen atoms in total. The van der Waals surface area contributed by atoms with E-state index < -0.39 is 0 Å². The summed E-state index contributed by atoms with van der Waals surface area (Å²) in [4.78, 5) is 2.36. The smallest absolute Gasteiger partial charge is 0.0396 e.